The van der Waals surface area contributed by atoms with E-state index in [0.29, 0.717) is 10.0 Å². The number of hydrogen-bond acceptors (Lipinski definition) is 1. The zero-order valence-corrected chi connectivity index (χ0v) is 7.29. The first-order valence-electron chi connectivity index (χ1n) is 2.90. The highest BCUT2D eigenvalue weighted by Gasteiger charge is 2.00. The number of hydrogen-bond donors (Lipinski definition) is 0. The summed E-state index contributed by atoms with van der Waals surface area (Å²) in [6, 6.07) is 1.71. The molecule has 0 saturated carbocycles. The van der Waals surface area contributed by atoms with Crippen LogP contribution in [0.2, 0.25) is 10.0 Å². The van der Waals surface area contributed by atoms with Gasteiger partial charge in [-0.15, -0.1) is 0 Å². The van der Waals surface area contributed by atoms with Crippen molar-refractivity contribution in [3.05, 3.63) is 27.5 Å². The van der Waals surface area contributed by atoms with Crippen molar-refractivity contribution in [1.29, 1.82) is 0 Å². The van der Waals surface area contributed by atoms with E-state index in [1.165, 1.54) is 0 Å². The molecule has 0 N–H and O–H groups in total. The van der Waals surface area contributed by atoms with Gasteiger partial charge in [-0.2, -0.15) is 0 Å². The Kier molecular flexibility index (Phi) is 2.17. The van der Waals surface area contributed by atoms with Gasteiger partial charge in [0.2, 0.25) is 0 Å². The van der Waals surface area contributed by atoms with Gasteiger partial charge in [-0.1, -0.05) is 23.2 Å². The summed E-state index contributed by atoms with van der Waals surface area (Å²) in [6.07, 6.45) is 0. The smallest absolute Gasteiger partial charge is 0.0633 e. The molecular formula is C7H7Cl2N. The maximum atomic E-state index is 5.74. The van der Waals surface area contributed by atoms with Crippen LogP contribution in [0.5, 0.6) is 0 Å². The molecule has 1 aromatic rings. The number of aryl methyl sites for hydroxylation is 2. The number of aromatic nitrogens is 1. The Morgan fingerprint density at radius 1 is 1.10 bits per heavy atom. The molecule has 0 aliphatic rings. The van der Waals surface area contributed by atoms with Crippen LogP contribution in [-0.4, -0.2) is 4.98 Å². The third-order valence-corrected chi connectivity index (χ3v) is 2.05. The highest BCUT2D eigenvalue weighted by Crippen LogP contribution is 2.20. The second-order valence-corrected chi connectivity index (χ2v) is 2.94. The third-order valence-electron chi connectivity index (χ3n) is 1.28. The first kappa shape index (κ1) is 7.83. The van der Waals surface area contributed by atoms with Gasteiger partial charge >= 0.3 is 0 Å². The van der Waals surface area contributed by atoms with Crippen molar-refractivity contribution in [2.75, 3.05) is 0 Å². The number of nitrogens with zero attached hydrogens (tertiary/aromatic N) is 1. The van der Waals surface area contributed by atoms with Gasteiger partial charge in [0.15, 0.2) is 0 Å². The molecule has 0 aliphatic heterocycles. The molecule has 0 amide bonds. The van der Waals surface area contributed by atoms with Gasteiger partial charge < -0.3 is 0 Å². The van der Waals surface area contributed by atoms with Crippen molar-refractivity contribution in [3.63, 3.8) is 0 Å². The van der Waals surface area contributed by atoms with Crippen LogP contribution in [0, 0.1) is 13.8 Å². The topological polar surface area (TPSA) is 12.9 Å². The molecule has 0 radical (unpaired) electrons. The Labute approximate surface area is 70.0 Å². The van der Waals surface area contributed by atoms with Crippen LogP contribution in [-0.2, 0) is 0 Å². The molecule has 3 heteroatoms. The highest BCUT2D eigenvalue weighted by atomic mass is 35.5. The van der Waals surface area contributed by atoms with Gasteiger partial charge in [0, 0.05) is 0 Å². The number of halogens is 2. The maximum Gasteiger partial charge on any atom is 0.0633 e. The summed E-state index contributed by atoms with van der Waals surface area (Å²) in [5, 5.41) is 1.24. The van der Waals surface area contributed by atoms with E-state index in [2.05, 4.69) is 4.98 Å². The summed E-state index contributed by atoms with van der Waals surface area (Å²) in [4.78, 5) is 4.11. The lowest BCUT2D eigenvalue weighted by atomic mass is 10.3. The van der Waals surface area contributed by atoms with Crippen LogP contribution in [0.25, 0.3) is 0 Å². The van der Waals surface area contributed by atoms with Crippen LogP contribution in [0.15, 0.2) is 6.07 Å². The summed E-state index contributed by atoms with van der Waals surface area (Å²) in [7, 11) is 0. The van der Waals surface area contributed by atoms with Gasteiger partial charge in [0.05, 0.1) is 21.4 Å². The minimum absolute atomic E-state index is 0.621. The summed E-state index contributed by atoms with van der Waals surface area (Å²) in [6.45, 7) is 3.71. The molecule has 0 atom stereocenters. The standard InChI is InChI=1S/C7H7Cl2N/c1-4-6(8)3-7(9)5(2)10-4/h3H,1-2H3. The fourth-order valence-corrected chi connectivity index (χ4v) is 1.04. The first-order chi connectivity index (χ1) is 4.61. The molecule has 0 saturated heterocycles. The van der Waals surface area contributed by atoms with Crippen LogP contribution in [0.3, 0.4) is 0 Å². The zero-order chi connectivity index (χ0) is 7.72. The Bertz CT molecular complexity index is 208. The van der Waals surface area contributed by atoms with Crippen LogP contribution < -0.4 is 0 Å². The molecule has 1 heterocycles. The minimum atomic E-state index is 0.621. The van der Waals surface area contributed by atoms with E-state index < -0.39 is 0 Å². The SMILES string of the molecule is Cc1nc(C)c(Cl)cc1Cl. The first-order valence-corrected chi connectivity index (χ1v) is 3.66. The molecular weight excluding hydrogens is 169 g/mol. The summed E-state index contributed by atoms with van der Waals surface area (Å²) < 4.78 is 0. The Balaban J connectivity index is 3.28. The van der Waals surface area contributed by atoms with Crippen molar-refractivity contribution in [1.82, 2.24) is 4.98 Å². The van der Waals surface area contributed by atoms with E-state index in [0.717, 1.165) is 11.4 Å². The number of pyridine rings is 1. The van der Waals surface area contributed by atoms with Gasteiger partial charge in [0.25, 0.3) is 0 Å². The molecule has 0 spiro atoms. The fraction of sp³-hybridized carbons (Fsp3) is 0.286. The second-order valence-electron chi connectivity index (χ2n) is 2.12. The lowest BCUT2D eigenvalue weighted by Crippen LogP contribution is -1.87. The van der Waals surface area contributed by atoms with Crippen molar-refractivity contribution in [2.45, 2.75) is 13.8 Å². The van der Waals surface area contributed by atoms with Gasteiger partial charge in [-0.05, 0) is 19.9 Å². The second kappa shape index (κ2) is 2.77. The maximum absolute atomic E-state index is 5.74. The third kappa shape index (κ3) is 1.41. The molecule has 1 aromatic heterocycles. The van der Waals surface area contributed by atoms with Gasteiger partial charge in [0.1, 0.15) is 0 Å². The Morgan fingerprint density at radius 2 is 1.50 bits per heavy atom. The highest BCUT2D eigenvalue weighted by molar-refractivity contribution is 6.35. The van der Waals surface area contributed by atoms with E-state index >= 15 is 0 Å². The van der Waals surface area contributed by atoms with Crippen molar-refractivity contribution < 1.29 is 0 Å². The van der Waals surface area contributed by atoms with E-state index in [-0.39, 0.29) is 0 Å². The summed E-state index contributed by atoms with van der Waals surface area (Å²) in [5.74, 6) is 0. The lowest BCUT2D eigenvalue weighted by Gasteiger charge is -1.99. The fourth-order valence-electron chi connectivity index (χ4n) is 0.679. The molecule has 1 nitrogen and oxygen atoms in total. The average molecular weight is 176 g/mol. The van der Waals surface area contributed by atoms with Crippen molar-refractivity contribution in [3.8, 4) is 0 Å². The molecule has 0 fully saturated rings. The normalized spacial score (nSPS) is 10.0. The van der Waals surface area contributed by atoms with Crippen molar-refractivity contribution in [2.24, 2.45) is 0 Å². The predicted molar refractivity (Wildman–Crippen MR) is 43.7 cm³/mol. The van der Waals surface area contributed by atoms with Crippen molar-refractivity contribution >= 4 is 23.2 Å². The monoisotopic (exact) mass is 175 g/mol. The largest absolute Gasteiger partial charge is 0.255 e. The molecule has 0 aromatic carbocycles. The van der Waals surface area contributed by atoms with Gasteiger partial charge in [-0.25, -0.2) is 0 Å². The quantitative estimate of drug-likeness (QED) is 0.592. The molecule has 10 heavy (non-hydrogen) atoms. The molecule has 1 rings (SSSR count). The number of rotatable bonds is 0. The zero-order valence-electron chi connectivity index (χ0n) is 5.78. The minimum Gasteiger partial charge on any atom is -0.255 e. The lowest BCUT2D eigenvalue weighted by molar-refractivity contribution is 1.12. The Hall–Kier alpha value is -0.270. The van der Waals surface area contributed by atoms with E-state index in [1.807, 2.05) is 13.8 Å². The summed E-state index contributed by atoms with van der Waals surface area (Å²) >= 11 is 11.5. The van der Waals surface area contributed by atoms with Crippen LogP contribution in [0.4, 0.5) is 0 Å². The summed E-state index contributed by atoms with van der Waals surface area (Å²) in [5.41, 5.74) is 1.65. The molecule has 0 aliphatic carbocycles. The van der Waals surface area contributed by atoms with Gasteiger partial charge in [-0.3, -0.25) is 4.98 Å². The van der Waals surface area contributed by atoms with E-state index in [9.17, 15) is 0 Å². The van der Waals surface area contributed by atoms with Crippen LogP contribution in [0.1, 0.15) is 11.4 Å². The molecule has 0 bridgehead atoms. The van der Waals surface area contributed by atoms with Crippen LogP contribution >= 0.6 is 23.2 Å². The predicted octanol–water partition coefficient (Wildman–Crippen LogP) is 3.01. The van der Waals surface area contributed by atoms with E-state index in [4.69, 9.17) is 23.2 Å². The Morgan fingerprint density at radius 3 is 1.80 bits per heavy atom. The molecule has 54 valence electrons. The van der Waals surface area contributed by atoms with E-state index in [1.54, 1.807) is 6.07 Å². The molecule has 0 unspecified atom stereocenters. The average Bonchev–Trinajstić information content (AvgIpc) is 1.84.